The minimum absolute atomic E-state index is 0. The van der Waals surface area contributed by atoms with Crippen LogP contribution in [0.3, 0.4) is 0 Å². The van der Waals surface area contributed by atoms with Gasteiger partial charge in [-0.1, -0.05) is 30.3 Å². The van der Waals surface area contributed by atoms with E-state index in [1.165, 1.54) is 6.07 Å². The molecule has 2 saturated carbocycles. The molecule has 0 bridgehead atoms. The van der Waals surface area contributed by atoms with Crippen LogP contribution in [-0.2, 0) is 22.0 Å². The number of nitrogens with one attached hydrogen (secondary N) is 3. The fraction of sp³-hybridized carbons (Fsp3) is 0.435. The topological polar surface area (TPSA) is 82.6 Å². The third-order valence-electron chi connectivity index (χ3n) is 5.79. The molecule has 0 radical (unpaired) electrons. The van der Waals surface area contributed by atoms with E-state index in [2.05, 4.69) is 20.3 Å². The standard InChI is InChI=1S/C23H29FN4O2S.HI/c1-2-25-22(27-16-23(13-14-23)20-5-3-4-6-21(20)24)26-15-17-7-11-19(12-8-17)31(29,30)28-18-9-10-18;/h3-8,11-12,18,28H,2,9-10,13-16H2,1H3,(H2,25,26,27);1H. The molecular formula is C23H30FIN4O2S. The van der Waals surface area contributed by atoms with Crippen LogP contribution < -0.4 is 15.4 Å². The number of benzene rings is 2. The third kappa shape index (κ3) is 6.20. The highest BCUT2D eigenvalue weighted by Gasteiger charge is 2.45. The number of rotatable bonds is 9. The number of sulfonamides is 1. The van der Waals surface area contributed by atoms with Crippen molar-refractivity contribution in [1.82, 2.24) is 15.4 Å². The molecule has 0 spiro atoms. The molecule has 0 atom stereocenters. The van der Waals surface area contributed by atoms with Gasteiger partial charge in [0, 0.05) is 24.5 Å². The van der Waals surface area contributed by atoms with Gasteiger partial charge in [-0.2, -0.15) is 0 Å². The summed E-state index contributed by atoms with van der Waals surface area (Å²) in [6.45, 7) is 3.73. The molecule has 174 valence electrons. The van der Waals surface area contributed by atoms with Gasteiger partial charge in [0.05, 0.1) is 11.4 Å². The zero-order chi connectivity index (χ0) is 21.9. The molecule has 0 aliphatic heterocycles. The van der Waals surface area contributed by atoms with Crippen LogP contribution in [0.4, 0.5) is 4.39 Å². The van der Waals surface area contributed by atoms with Crippen molar-refractivity contribution in [3.63, 3.8) is 0 Å². The Morgan fingerprint density at radius 1 is 1.09 bits per heavy atom. The maximum absolute atomic E-state index is 14.2. The van der Waals surface area contributed by atoms with Crippen LogP contribution in [0.5, 0.6) is 0 Å². The lowest BCUT2D eigenvalue weighted by molar-refractivity contribution is 0.559. The molecule has 3 N–H and O–H groups in total. The van der Waals surface area contributed by atoms with E-state index in [4.69, 9.17) is 0 Å². The number of nitrogens with zero attached hydrogens (tertiary/aromatic N) is 1. The molecule has 2 aromatic carbocycles. The van der Waals surface area contributed by atoms with Gasteiger partial charge in [0.1, 0.15) is 5.82 Å². The van der Waals surface area contributed by atoms with Crippen LogP contribution >= 0.6 is 24.0 Å². The Bertz CT molecular complexity index is 1050. The lowest BCUT2D eigenvalue weighted by atomic mass is 9.95. The van der Waals surface area contributed by atoms with E-state index in [1.54, 1.807) is 30.3 Å². The van der Waals surface area contributed by atoms with Gasteiger partial charge in [0.25, 0.3) is 0 Å². The summed E-state index contributed by atoms with van der Waals surface area (Å²) < 4.78 is 41.5. The number of hydrogen-bond donors (Lipinski definition) is 3. The molecule has 4 rings (SSSR count). The number of aliphatic imine (C=N–C) groups is 1. The molecule has 0 amide bonds. The summed E-state index contributed by atoms with van der Waals surface area (Å²) >= 11 is 0. The molecular weight excluding hydrogens is 542 g/mol. The Morgan fingerprint density at radius 2 is 1.78 bits per heavy atom. The van der Waals surface area contributed by atoms with E-state index in [-0.39, 0.29) is 46.1 Å². The first-order valence-corrected chi connectivity index (χ1v) is 12.3. The average molecular weight is 572 g/mol. The molecule has 2 fully saturated rings. The zero-order valence-electron chi connectivity index (χ0n) is 18.1. The molecule has 32 heavy (non-hydrogen) atoms. The second-order valence-electron chi connectivity index (χ2n) is 8.35. The highest BCUT2D eigenvalue weighted by atomic mass is 127. The summed E-state index contributed by atoms with van der Waals surface area (Å²) in [6, 6.07) is 13.9. The first kappa shape index (κ1) is 24.9. The van der Waals surface area contributed by atoms with Crippen LogP contribution in [0.1, 0.15) is 43.7 Å². The van der Waals surface area contributed by atoms with Crippen molar-refractivity contribution in [3.8, 4) is 0 Å². The largest absolute Gasteiger partial charge is 0.357 e. The van der Waals surface area contributed by atoms with Gasteiger partial charge in [-0.15, -0.1) is 24.0 Å². The molecule has 0 aromatic heterocycles. The first-order chi connectivity index (χ1) is 14.9. The fourth-order valence-corrected chi connectivity index (χ4v) is 4.92. The lowest BCUT2D eigenvalue weighted by Gasteiger charge is -2.19. The van der Waals surface area contributed by atoms with E-state index in [0.717, 1.165) is 36.8 Å². The average Bonchev–Trinajstić information content (AvgIpc) is 3.68. The second kappa shape index (κ2) is 10.5. The van der Waals surface area contributed by atoms with Crippen LogP contribution in [0, 0.1) is 5.82 Å². The monoisotopic (exact) mass is 572 g/mol. The molecule has 0 heterocycles. The van der Waals surface area contributed by atoms with Crippen LogP contribution in [0.2, 0.25) is 0 Å². The minimum Gasteiger partial charge on any atom is -0.357 e. The van der Waals surface area contributed by atoms with Gasteiger partial charge in [0.2, 0.25) is 10.0 Å². The summed E-state index contributed by atoms with van der Waals surface area (Å²) in [5.41, 5.74) is 1.50. The summed E-state index contributed by atoms with van der Waals surface area (Å²) in [4.78, 5) is 4.89. The molecule has 0 saturated heterocycles. The van der Waals surface area contributed by atoms with Crippen LogP contribution in [-0.4, -0.2) is 33.5 Å². The Hall–Kier alpha value is -1.72. The lowest BCUT2D eigenvalue weighted by Crippen LogP contribution is -2.41. The summed E-state index contributed by atoms with van der Waals surface area (Å²) in [5.74, 6) is 0.507. The maximum Gasteiger partial charge on any atom is 0.240 e. The number of guanidine groups is 1. The molecule has 6 nitrogen and oxygen atoms in total. The Labute approximate surface area is 206 Å². The Kier molecular flexibility index (Phi) is 8.16. The van der Waals surface area contributed by atoms with Crippen molar-refractivity contribution in [2.45, 2.75) is 55.5 Å². The summed E-state index contributed by atoms with van der Waals surface area (Å²) in [7, 11) is -3.44. The van der Waals surface area contributed by atoms with E-state index in [1.807, 2.05) is 19.1 Å². The van der Waals surface area contributed by atoms with Gasteiger partial charge in [-0.25, -0.2) is 22.5 Å². The van der Waals surface area contributed by atoms with Gasteiger partial charge < -0.3 is 10.6 Å². The summed E-state index contributed by atoms with van der Waals surface area (Å²) in [6.07, 6.45) is 3.71. The third-order valence-corrected chi connectivity index (χ3v) is 7.33. The second-order valence-corrected chi connectivity index (χ2v) is 10.1. The summed E-state index contributed by atoms with van der Waals surface area (Å²) in [5, 5.41) is 6.57. The van der Waals surface area contributed by atoms with Gasteiger partial charge in [-0.3, -0.25) is 0 Å². The van der Waals surface area contributed by atoms with Crippen molar-refractivity contribution in [2.24, 2.45) is 4.99 Å². The van der Waals surface area contributed by atoms with Gasteiger partial charge in [0.15, 0.2) is 5.96 Å². The van der Waals surface area contributed by atoms with Crippen LogP contribution in [0.25, 0.3) is 0 Å². The number of halogens is 2. The van der Waals surface area contributed by atoms with Gasteiger partial charge in [-0.05, 0) is 61.9 Å². The normalized spacial score (nSPS) is 17.4. The SMILES string of the molecule is CCNC(=NCc1ccc(S(=O)(=O)NC2CC2)cc1)NCC1(c2ccccc2F)CC1.I. The Morgan fingerprint density at radius 3 is 2.38 bits per heavy atom. The maximum atomic E-state index is 14.2. The molecule has 2 aliphatic rings. The molecule has 2 aromatic rings. The molecule has 0 unspecified atom stereocenters. The van der Waals surface area contributed by atoms with Crippen molar-refractivity contribution in [2.75, 3.05) is 13.1 Å². The van der Waals surface area contributed by atoms with E-state index in [9.17, 15) is 12.8 Å². The smallest absolute Gasteiger partial charge is 0.240 e. The van der Waals surface area contributed by atoms with Crippen molar-refractivity contribution in [3.05, 3.63) is 65.5 Å². The van der Waals surface area contributed by atoms with Crippen LogP contribution in [0.15, 0.2) is 58.4 Å². The quantitative estimate of drug-likeness (QED) is 0.244. The molecule has 9 heteroatoms. The van der Waals surface area contributed by atoms with E-state index >= 15 is 0 Å². The van der Waals surface area contributed by atoms with Crippen molar-refractivity contribution < 1.29 is 12.8 Å². The highest BCUT2D eigenvalue weighted by Crippen LogP contribution is 2.48. The number of hydrogen-bond acceptors (Lipinski definition) is 3. The zero-order valence-corrected chi connectivity index (χ0v) is 21.3. The van der Waals surface area contributed by atoms with Crippen molar-refractivity contribution in [1.29, 1.82) is 0 Å². The van der Waals surface area contributed by atoms with Crippen molar-refractivity contribution >= 4 is 40.0 Å². The van der Waals surface area contributed by atoms with E-state index in [0.29, 0.717) is 25.6 Å². The molecule has 2 aliphatic carbocycles. The predicted molar refractivity (Wildman–Crippen MR) is 135 cm³/mol. The van der Waals surface area contributed by atoms with E-state index < -0.39 is 10.0 Å². The first-order valence-electron chi connectivity index (χ1n) is 10.8. The fourth-order valence-electron chi connectivity index (χ4n) is 3.61. The predicted octanol–water partition coefficient (Wildman–Crippen LogP) is 3.67. The Balaban J connectivity index is 0.00000289. The van der Waals surface area contributed by atoms with Gasteiger partial charge >= 0.3 is 0 Å². The highest BCUT2D eigenvalue weighted by molar-refractivity contribution is 14.0. The minimum atomic E-state index is -3.44.